The Kier molecular flexibility index (Phi) is 1.34. The van der Waals surface area contributed by atoms with E-state index < -0.39 is 0 Å². The van der Waals surface area contributed by atoms with Gasteiger partial charge in [0.1, 0.15) is 0 Å². The zero-order valence-corrected chi connectivity index (χ0v) is 7.83. The van der Waals surface area contributed by atoms with Gasteiger partial charge in [-0.25, -0.2) is 0 Å². The van der Waals surface area contributed by atoms with E-state index in [9.17, 15) is 0 Å². The standard InChI is InChI=1S/C11H14N2/c1-11(8-2-4-12-5-3-8)9-6-13-7-10(9)11/h2-5,9-10,13H,6-7H2,1H3. The van der Waals surface area contributed by atoms with E-state index in [-0.39, 0.29) is 0 Å². The topological polar surface area (TPSA) is 24.9 Å². The van der Waals surface area contributed by atoms with Gasteiger partial charge in [0.25, 0.3) is 0 Å². The van der Waals surface area contributed by atoms with Gasteiger partial charge in [-0.2, -0.15) is 0 Å². The molecule has 13 heavy (non-hydrogen) atoms. The van der Waals surface area contributed by atoms with Crippen molar-refractivity contribution in [3.05, 3.63) is 30.1 Å². The van der Waals surface area contributed by atoms with Crippen molar-refractivity contribution in [2.45, 2.75) is 12.3 Å². The summed E-state index contributed by atoms with van der Waals surface area (Å²) >= 11 is 0. The van der Waals surface area contributed by atoms with Gasteiger partial charge in [0.15, 0.2) is 0 Å². The Hall–Kier alpha value is -0.890. The Morgan fingerprint density at radius 3 is 2.54 bits per heavy atom. The maximum absolute atomic E-state index is 4.06. The van der Waals surface area contributed by atoms with Crippen molar-refractivity contribution in [2.75, 3.05) is 13.1 Å². The first-order valence-corrected chi connectivity index (χ1v) is 4.94. The third-order valence-electron chi connectivity index (χ3n) is 3.95. The molecule has 2 heterocycles. The van der Waals surface area contributed by atoms with E-state index in [2.05, 4.69) is 29.4 Å². The molecule has 1 aromatic heterocycles. The first-order valence-electron chi connectivity index (χ1n) is 4.94. The summed E-state index contributed by atoms with van der Waals surface area (Å²) in [6, 6.07) is 4.33. The van der Waals surface area contributed by atoms with Crippen LogP contribution in [0.5, 0.6) is 0 Å². The van der Waals surface area contributed by atoms with Crippen LogP contribution in [0, 0.1) is 11.8 Å². The van der Waals surface area contributed by atoms with E-state index in [1.807, 2.05) is 12.4 Å². The van der Waals surface area contributed by atoms with Gasteiger partial charge >= 0.3 is 0 Å². The smallest absolute Gasteiger partial charge is 0.0270 e. The lowest BCUT2D eigenvalue weighted by Crippen LogP contribution is -2.22. The highest BCUT2D eigenvalue weighted by Gasteiger charge is 2.63. The summed E-state index contributed by atoms with van der Waals surface area (Å²) in [6.07, 6.45) is 3.81. The van der Waals surface area contributed by atoms with E-state index in [0.717, 1.165) is 11.8 Å². The summed E-state index contributed by atoms with van der Waals surface area (Å²) < 4.78 is 0. The molecule has 3 rings (SSSR count). The number of aromatic nitrogens is 1. The number of rotatable bonds is 1. The highest BCUT2D eigenvalue weighted by Crippen LogP contribution is 2.61. The number of hydrogen-bond donors (Lipinski definition) is 1. The molecular formula is C11H14N2. The number of nitrogens with one attached hydrogen (secondary N) is 1. The summed E-state index contributed by atoms with van der Waals surface area (Å²) in [6.45, 7) is 4.78. The van der Waals surface area contributed by atoms with Crippen molar-refractivity contribution in [1.82, 2.24) is 10.3 Å². The van der Waals surface area contributed by atoms with E-state index in [1.54, 1.807) is 0 Å². The minimum Gasteiger partial charge on any atom is -0.316 e. The van der Waals surface area contributed by atoms with Gasteiger partial charge in [0.05, 0.1) is 0 Å². The normalized spacial score (nSPS) is 41.6. The number of hydrogen-bond acceptors (Lipinski definition) is 2. The second kappa shape index (κ2) is 2.32. The number of piperidine rings is 1. The molecule has 2 fully saturated rings. The molecule has 2 aliphatic rings. The van der Waals surface area contributed by atoms with E-state index >= 15 is 0 Å². The molecule has 0 aromatic carbocycles. The van der Waals surface area contributed by atoms with Gasteiger partial charge in [-0.05, 0) is 42.6 Å². The molecular weight excluding hydrogens is 160 g/mol. The lowest BCUT2D eigenvalue weighted by Gasteiger charge is -2.15. The van der Waals surface area contributed by atoms with Gasteiger partial charge in [0, 0.05) is 17.8 Å². The molecule has 1 saturated carbocycles. The van der Waals surface area contributed by atoms with E-state index in [1.165, 1.54) is 18.7 Å². The summed E-state index contributed by atoms with van der Waals surface area (Å²) in [7, 11) is 0. The lowest BCUT2D eigenvalue weighted by molar-refractivity contribution is 0.558. The van der Waals surface area contributed by atoms with Crippen molar-refractivity contribution in [3.8, 4) is 0 Å². The second-order valence-electron chi connectivity index (χ2n) is 4.39. The molecule has 2 unspecified atom stereocenters. The molecule has 1 saturated heterocycles. The molecule has 2 heteroatoms. The highest BCUT2D eigenvalue weighted by molar-refractivity contribution is 5.36. The Balaban J connectivity index is 1.95. The predicted molar refractivity (Wildman–Crippen MR) is 51.4 cm³/mol. The quantitative estimate of drug-likeness (QED) is 0.691. The molecule has 1 aliphatic carbocycles. The van der Waals surface area contributed by atoms with Crippen molar-refractivity contribution >= 4 is 0 Å². The average Bonchev–Trinajstić information content (AvgIpc) is 2.62. The van der Waals surface area contributed by atoms with E-state index in [4.69, 9.17) is 0 Å². The molecule has 1 aliphatic heterocycles. The molecule has 0 radical (unpaired) electrons. The van der Waals surface area contributed by atoms with Crippen molar-refractivity contribution in [2.24, 2.45) is 11.8 Å². The van der Waals surface area contributed by atoms with Crippen molar-refractivity contribution in [3.63, 3.8) is 0 Å². The monoisotopic (exact) mass is 174 g/mol. The summed E-state index contributed by atoms with van der Waals surface area (Å²) in [5, 5.41) is 3.43. The Labute approximate surface area is 78.4 Å². The number of fused-ring (bicyclic) bond motifs is 1. The first kappa shape index (κ1) is 7.51. The van der Waals surface area contributed by atoms with Crippen LogP contribution in [-0.2, 0) is 5.41 Å². The van der Waals surface area contributed by atoms with Crippen molar-refractivity contribution < 1.29 is 0 Å². The van der Waals surface area contributed by atoms with Gasteiger partial charge in [0.2, 0.25) is 0 Å². The van der Waals surface area contributed by atoms with Crippen LogP contribution in [-0.4, -0.2) is 18.1 Å². The average molecular weight is 174 g/mol. The third kappa shape index (κ3) is 0.841. The molecule has 0 spiro atoms. The largest absolute Gasteiger partial charge is 0.316 e. The molecule has 1 aromatic rings. The fraction of sp³-hybridized carbons (Fsp3) is 0.545. The molecule has 0 bridgehead atoms. The van der Waals surface area contributed by atoms with Gasteiger partial charge in [-0.1, -0.05) is 6.92 Å². The molecule has 2 nitrogen and oxygen atoms in total. The Morgan fingerprint density at radius 1 is 1.31 bits per heavy atom. The predicted octanol–water partition coefficient (Wildman–Crippen LogP) is 1.19. The molecule has 0 amide bonds. The Bertz CT molecular complexity index is 310. The van der Waals surface area contributed by atoms with Crippen LogP contribution in [0.4, 0.5) is 0 Å². The van der Waals surface area contributed by atoms with Crippen LogP contribution in [0.2, 0.25) is 0 Å². The summed E-state index contributed by atoms with van der Waals surface area (Å²) in [5.74, 6) is 1.74. The lowest BCUT2D eigenvalue weighted by atomic mass is 9.94. The van der Waals surface area contributed by atoms with Crippen LogP contribution in [0.25, 0.3) is 0 Å². The SMILES string of the molecule is CC1(c2ccncc2)C2CNCC21. The number of nitrogens with zero attached hydrogens (tertiary/aromatic N) is 1. The highest BCUT2D eigenvalue weighted by atomic mass is 15.0. The second-order valence-corrected chi connectivity index (χ2v) is 4.39. The summed E-state index contributed by atoms with van der Waals surface area (Å²) in [5.41, 5.74) is 1.92. The summed E-state index contributed by atoms with van der Waals surface area (Å²) in [4.78, 5) is 4.06. The van der Waals surface area contributed by atoms with Crippen LogP contribution < -0.4 is 5.32 Å². The first-order chi connectivity index (χ1) is 6.33. The maximum atomic E-state index is 4.06. The zero-order chi connectivity index (χ0) is 8.89. The van der Waals surface area contributed by atoms with Gasteiger partial charge in [-0.15, -0.1) is 0 Å². The molecule has 1 N–H and O–H groups in total. The van der Waals surface area contributed by atoms with Gasteiger partial charge in [-0.3, -0.25) is 4.98 Å². The fourth-order valence-corrected chi connectivity index (χ4v) is 2.94. The molecule has 2 atom stereocenters. The minimum atomic E-state index is 0.453. The third-order valence-corrected chi connectivity index (χ3v) is 3.95. The minimum absolute atomic E-state index is 0.453. The molecule has 68 valence electrons. The van der Waals surface area contributed by atoms with Crippen LogP contribution >= 0.6 is 0 Å². The number of pyridine rings is 1. The van der Waals surface area contributed by atoms with Crippen LogP contribution in [0.15, 0.2) is 24.5 Å². The zero-order valence-electron chi connectivity index (χ0n) is 7.83. The maximum Gasteiger partial charge on any atom is 0.0270 e. The van der Waals surface area contributed by atoms with Gasteiger partial charge < -0.3 is 5.32 Å². The Morgan fingerprint density at radius 2 is 1.92 bits per heavy atom. The fourth-order valence-electron chi connectivity index (χ4n) is 2.94. The van der Waals surface area contributed by atoms with Crippen LogP contribution in [0.3, 0.4) is 0 Å². The van der Waals surface area contributed by atoms with Crippen LogP contribution in [0.1, 0.15) is 12.5 Å². The van der Waals surface area contributed by atoms with E-state index in [0.29, 0.717) is 5.41 Å². The van der Waals surface area contributed by atoms with Crippen molar-refractivity contribution in [1.29, 1.82) is 0 Å².